The number of amides is 2. The number of nitrogens with one attached hydrogen (secondary N) is 2. The number of carboxylic acids is 1. The van der Waals surface area contributed by atoms with Gasteiger partial charge in [0.2, 0.25) is 5.91 Å². The summed E-state index contributed by atoms with van der Waals surface area (Å²) in [5.74, 6) is -1.12. The van der Waals surface area contributed by atoms with Crippen LogP contribution in [0.25, 0.3) is 0 Å². The van der Waals surface area contributed by atoms with Gasteiger partial charge in [0.25, 0.3) is 0 Å². The molecule has 0 heterocycles. The van der Waals surface area contributed by atoms with Gasteiger partial charge < -0.3 is 20.5 Å². The molecule has 0 aromatic carbocycles. The van der Waals surface area contributed by atoms with Crippen LogP contribution in [0.1, 0.15) is 34.6 Å². The lowest BCUT2D eigenvalue weighted by molar-refractivity contribution is -0.138. The van der Waals surface area contributed by atoms with Crippen molar-refractivity contribution in [3.05, 3.63) is 0 Å². The summed E-state index contributed by atoms with van der Waals surface area (Å²) in [5.41, 5.74) is -0.697. The number of carbonyl (C=O) groups excluding carboxylic acids is 2. The molecule has 1 atom stereocenters. The standard InChI is InChI=1S/C13H24N2O5S/c1-8(2)14-10(16)7-21-6-9(11(17)18)15-12(19)20-13(3,4)5/h8-9H,6-7H2,1-5H3,(H,14,16)(H,15,19)(H,17,18). The fourth-order valence-corrected chi connectivity index (χ4v) is 2.11. The number of rotatable bonds is 7. The smallest absolute Gasteiger partial charge is 0.408 e. The molecule has 0 saturated heterocycles. The van der Waals surface area contributed by atoms with Gasteiger partial charge >= 0.3 is 12.1 Å². The normalized spacial score (nSPS) is 12.7. The van der Waals surface area contributed by atoms with Gasteiger partial charge in [-0.05, 0) is 34.6 Å². The van der Waals surface area contributed by atoms with Crippen molar-refractivity contribution in [2.45, 2.75) is 52.3 Å². The van der Waals surface area contributed by atoms with Gasteiger partial charge in [0.1, 0.15) is 11.6 Å². The quantitative estimate of drug-likeness (QED) is 0.651. The van der Waals surface area contributed by atoms with Crippen LogP contribution in [-0.4, -0.2) is 52.3 Å². The Balaban J connectivity index is 4.23. The molecule has 0 aromatic rings. The van der Waals surface area contributed by atoms with Gasteiger partial charge in [-0.1, -0.05) is 0 Å². The van der Waals surface area contributed by atoms with Gasteiger partial charge in [0.15, 0.2) is 0 Å². The van der Waals surface area contributed by atoms with Crippen LogP contribution in [0, 0.1) is 0 Å². The minimum absolute atomic E-state index is 0.0354. The molecule has 0 bridgehead atoms. The predicted octanol–water partition coefficient (Wildman–Crippen LogP) is 1.22. The van der Waals surface area contributed by atoms with Gasteiger partial charge in [-0.2, -0.15) is 0 Å². The van der Waals surface area contributed by atoms with Gasteiger partial charge in [-0.25, -0.2) is 9.59 Å². The molecule has 2 amide bonds. The van der Waals surface area contributed by atoms with E-state index in [9.17, 15) is 14.4 Å². The first kappa shape index (κ1) is 19.6. The van der Waals surface area contributed by atoms with Crippen molar-refractivity contribution in [1.82, 2.24) is 10.6 Å². The zero-order valence-corrected chi connectivity index (χ0v) is 13.9. The molecule has 0 saturated carbocycles. The first-order valence-electron chi connectivity index (χ1n) is 6.60. The number of hydrogen-bond acceptors (Lipinski definition) is 5. The Morgan fingerprint density at radius 2 is 1.76 bits per heavy atom. The summed E-state index contributed by atoms with van der Waals surface area (Å²) < 4.78 is 5.00. The minimum Gasteiger partial charge on any atom is -0.480 e. The molecule has 0 aliphatic carbocycles. The summed E-state index contributed by atoms with van der Waals surface area (Å²) in [7, 11) is 0. The van der Waals surface area contributed by atoms with E-state index in [0.717, 1.165) is 11.8 Å². The number of thioether (sulfide) groups is 1. The third kappa shape index (κ3) is 10.9. The molecule has 0 spiro atoms. The van der Waals surface area contributed by atoms with E-state index in [1.165, 1.54) is 0 Å². The molecule has 3 N–H and O–H groups in total. The zero-order valence-electron chi connectivity index (χ0n) is 13.1. The molecule has 0 aliphatic rings. The Hall–Kier alpha value is -1.44. The second-order valence-electron chi connectivity index (χ2n) is 5.77. The molecule has 0 fully saturated rings. The Morgan fingerprint density at radius 3 is 2.19 bits per heavy atom. The number of carbonyl (C=O) groups is 3. The third-order valence-corrected chi connectivity index (χ3v) is 2.99. The highest BCUT2D eigenvalue weighted by atomic mass is 32.2. The largest absolute Gasteiger partial charge is 0.480 e. The zero-order chi connectivity index (χ0) is 16.6. The highest BCUT2D eigenvalue weighted by Gasteiger charge is 2.24. The van der Waals surface area contributed by atoms with Crippen LogP contribution in [0.2, 0.25) is 0 Å². The number of carboxylic acid groups (broad SMARTS) is 1. The van der Waals surface area contributed by atoms with Crippen LogP contribution >= 0.6 is 11.8 Å². The van der Waals surface area contributed by atoms with E-state index in [1.54, 1.807) is 20.8 Å². The van der Waals surface area contributed by atoms with Crippen molar-refractivity contribution >= 4 is 29.7 Å². The molecule has 1 unspecified atom stereocenters. The molecular formula is C13H24N2O5S. The van der Waals surface area contributed by atoms with Gasteiger partial charge in [-0.15, -0.1) is 11.8 Å². The summed E-state index contributed by atoms with van der Waals surface area (Å²) in [6, 6.07) is -1.06. The lowest BCUT2D eigenvalue weighted by Gasteiger charge is -2.21. The van der Waals surface area contributed by atoms with Crippen LogP contribution in [0.5, 0.6) is 0 Å². The SMILES string of the molecule is CC(C)NC(=O)CSCC(NC(=O)OC(C)(C)C)C(=O)O. The summed E-state index contributed by atoms with van der Waals surface area (Å²) in [6.07, 6.45) is -0.790. The van der Waals surface area contributed by atoms with E-state index in [0.29, 0.717) is 0 Å². The highest BCUT2D eigenvalue weighted by Crippen LogP contribution is 2.08. The molecule has 7 nitrogen and oxygen atoms in total. The van der Waals surface area contributed by atoms with Crippen molar-refractivity contribution in [1.29, 1.82) is 0 Å². The van der Waals surface area contributed by atoms with E-state index in [-0.39, 0.29) is 23.5 Å². The maximum atomic E-state index is 11.5. The molecule has 21 heavy (non-hydrogen) atoms. The Morgan fingerprint density at radius 1 is 1.19 bits per heavy atom. The second-order valence-corrected chi connectivity index (χ2v) is 6.80. The highest BCUT2D eigenvalue weighted by molar-refractivity contribution is 8.00. The first-order valence-corrected chi connectivity index (χ1v) is 7.76. The van der Waals surface area contributed by atoms with Crippen molar-refractivity contribution in [2.24, 2.45) is 0 Å². The first-order chi connectivity index (χ1) is 9.51. The van der Waals surface area contributed by atoms with Crippen LogP contribution in [0.3, 0.4) is 0 Å². The van der Waals surface area contributed by atoms with Gasteiger partial charge in [0, 0.05) is 11.8 Å². The van der Waals surface area contributed by atoms with Gasteiger partial charge in [0.05, 0.1) is 5.75 Å². The number of alkyl carbamates (subject to hydrolysis) is 1. The molecular weight excluding hydrogens is 296 g/mol. The third-order valence-electron chi connectivity index (χ3n) is 1.96. The maximum absolute atomic E-state index is 11.5. The molecule has 0 aromatic heterocycles. The fraction of sp³-hybridized carbons (Fsp3) is 0.769. The average Bonchev–Trinajstić information content (AvgIpc) is 2.23. The Labute approximate surface area is 129 Å². The van der Waals surface area contributed by atoms with Crippen LogP contribution in [0.15, 0.2) is 0 Å². The van der Waals surface area contributed by atoms with Crippen LogP contribution in [-0.2, 0) is 14.3 Å². The van der Waals surface area contributed by atoms with Crippen molar-refractivity contribution in [3.8, 4) is 0 Å². The molecule has 8 heteroatoms. The average molecular weight is 320 g/mol. The summed E-state index contributed by atoms with van der Waals surface area (Å²) in [5, 5.41) is 14.0. The summed E-state index contributed by atoms with van der Waals surface area (Å²) in [4.78, 5) is 34.0. The van der Waals surface area contributed by atoms with Crippen molar-refractivity contribution < 1.29 is 24.2 Å². The lowest BCUT2D eigenvalue weighted by Crippen LogP contribution is -2.45. The van der Waals surface area contributed by atoms with Gasteiger partial charge in [-0.3, -0.25) is 4.79 Å². The van der Waals surface area contributed by atoms with Crippen LogP contribution < -0.4 is 10.6 Å². The lowest BCUT2D eigenvalue weighted by atomic mass is 10.2. The number of aliphatic carboxylic acids is 1. The van der Waals surface area contributed by atoms with E-state index in [2.05, 4.69) is 10.6 Å². The monoisotopic (exact) mass is 320 g/mol. The van der Waals surface area contributed by atoms with E-state index in [4.69, 9.17) is 9.84 Å². The maximum Gasteiger partial charge on any atom is 0.408 e. The molecule has 0 rings (SSSR count). The van der Waals surface area contributed by atoms with E-state index >= 15 is 0 Å². The predicted molar refractivity (Wildman–Crippen MR) is 81.4 cm³/mol. The Bertz CT molecular complexity index is 379. The molecule has 0 radical (unpaired) electrons. The topological polar surface area (TPSA) is 105 Å². The van der Waals surface area contributed by atoms with Crippen molar-refractivity contribution in [2.75, 3.05) is 11.5 Å². The Kier molecular flexibility index (Phi) is 8.16. The van der Waals surface area contributed by atoms with E-state index < -0.39 is 23.7 Å². The molecule has 122 valence electrons. The van der Waals surface area contributed by atoms with Crippen LogP contribution in [0.4, 0.5) is 4.79 Å². The number of ether oxygens (including phenoxy) is 1. The second kappa shape index (κ2) is 8.76. The summed E-state index contributed by atoms with van der Waals surface area (Å²) in [6.45, 7) is 8.74. The van der Waals surface area contributed by atoms with Crippen molar-refractivity contribution in [3.63, 3.8) is 0 Å². The fourth-order valence-electron chi connectivity index (χ4n) is 1.26. The molecule has 0 aliphatic heterocycles. The number of hydrogen-bond donors (Lipinski definition) is 3. The van der Waals surface area contributed by atoms with E-state index in [1.807, 2.05) is 13.8 Å². The minimum atomic E-state index is -1.17. The summed E-state index contributed by atoms with van der Waals surface area (Å²) >= 11 is 1.14.